The normalized spacial score (nSPS) is 20.4. The van der Waals surface area contributed by atoms with E-state index in [0.717, 1.165) is 22.8 Å². The number of ether oxygens (including phenoxy) is 1. The highest BCUT2D eigenvalue weighted by Crippen LogP contribution is 2.38. The van der Waals surface area contributed by atoms with Crippen molar-refractivity contribution in [3.05, 3.63) is 48.0 Å². The minimum absolute atomic E-state index is 0.0967. The van der Waals surface area contributed by atoms with Gasteiger partial charge in [-0.3, -0.25) is 9.69 Å². The van der Waals surface area contributed by atoms with E-state index < -0.39 is 6.04 Å². The quantitative estimate of drug-likeness (QED) is 0.247. The van der Waals surface area contributed by atoms with Crippen molar-refractivity contribution < 1.29 is 14.3 Å². The number of likely N-dealkylation sites (N-methyl/N-ethyl adjacent to an activating group) is 1. The summed E-state index contributed by atoms with van der Waals surface area (Å²) in [7, 11) is 3.57. The molecule has 0 aromatic heterocycles. The van der Waals surface area contributed by atoms with Gasteiger partial charge in [0.2, 0.25) is 5.91 Å². The van der Waals surface area contributed by atoms with Gasteiger partial charge in [-0.15, -0.1) is 23.5 Å². The summed E-state index contributed by atoms with van der Waals surface area (Å²) in [6.45, 7) is 9.03. The van der Waals surface area contributed by atoms with Gasteiger partial charge in [0.1, 0.15) is 6.04 Å². The van der Waals surface area contributed by atoms with Crippen molar-refractivity contribution in [3.8, 4) is 0 Å². The average molecular weight is 553 g/mol. The van der Waals surface area contributed by atoms with Crippen LogP contribution in [-0.4, -0.2) is 76.7 Å². The van der Waals surface area contributed by atoms with Crippen molar-refractivity contribution in [1.82, 2.24) is 10.2 Å². The Morgan fingerprint density at radius 3 is 2.53 bits per heavy atom. The van der Waals surface area contributed by atoms with E-state index in [2.05, 4.69) is 69.2 Å². The van der Waals surface area contributed by atoms with Crippen molar-refractivity contribution in [2.24, 2.45) is 11.8 Å². The Labute approximate surface area is 231 Å². The number of methoxy groups -OCH3 is 1. The van der Waals surface area contributed by atoms with Crippen LogP contribution in [0.4, 0.5) is 0 Å². The predicted octanol–water partition coefficient (Wildman–Crippen LogP) is 5.35. The SMILES string of the molecule is COC(=O)[C@H](CCSC)NC(=O)C(Cc1ccccc1)SC[C@@H](/C=C/C1CSC(C)(C)N1C)C(C)C. The number of carbonyl (C=O) groups excluding carboxylic acids is 2. The molecule has 202 valence electrons. The molecule has 5 nitrogen and oxygen atoms in total. The van der Waals surface area contributed by atoms with Gasteiger partial charge in [-0.05, 0) is 63.1 Å². The number of allylic oxidation sites excluding steroid dienone is 1. The van der Waals surface area contributed by atoms with Crippen molar-refractivity contribution in [2.75, 3.05) is 37.7 Å². The highest BCUT2D eigenvalue weighted by molar-refractivity contribution is 8.01. The Morgan fingerprint density at radius 2 is 1.97 bits per heavy atom. The van der Waals surface area contributed by atoms with Gasteiger partial charge in [0, 0.05) is 17.5 Å². The first-order valence-corrected chi connectivity index (χ1v) is 16.1. The van der Waals surface area contributed by atoms with Crippen LogP contribution in [0.15, 0.2) is 42.5 Å². The molecule has 1 aliphatic rings. The van der Waals surface area contributed by atoms with Crippen molar-refractivity contribution >= 4 is 47.2 Å². The van der Waals surface area contributed by atoms with E-state index in [4.69, 9.17) is 4.74 Å². The number of hydrogen-bond donors (Lipinski definition) is 1. The molecule has 36 heavy (non-hydrogen) atoms. The second kappa shape index (κ2) is 15.4. The van der Waals surface area contributed by atoms with Gasteiger partial charge < -0.3 is 10.1 Å². The standard InChI is InChI=1S/C28H44N2O3S3/c1-20(2)22(13-14-23-19-36-28(3,4)30(23)5)18-35-25(17-21-11-9-8-10-12-21)26(31)29-24(15-16-34-7)27(32)33-6/h8-14,20,22-25H,15-19H2,1-7H3,(H,29,31)/b14-13+/t22-,23?,24+,25?/m1/s1. The van der Waals surface area contributed by atoms with Crippen molar-refractivity contribution in [1.29, 1.82) is 0 Å². The third-order valence-corrected chi connectivity index (χ3v) is 10.4. The van der Waals surface area contributed by atoms with Gasteiger partial charge in [0.15, 0.2) is 0 Å². The Hall–Kier alpha value is -1.09. The van der Waals surface area contributed by atoms with Gasteiger partial charge in [-0.1, -0.05) is 56.3 Å². The molecule has 1 fully saturated rings. The van der Waals surface area contributed by atoms with Crippen molar-refractivity contribution in [2.45, 2.75) is 62.7 Å². The fourth-order valence-corrected chi connectivity index (χ4v) is 7.21. The lowest BCUT2D eigenvalue weighted by Crippen LogP contribution is -2.46. The van der Waals surface area contributed by atoms with E-state index in [-0.39, 0.29) is 22.0 Å². The van der Waals surface area contributed by atoms with Gasteiger partial charge in [-0.25, -0.2) is 4.79 Å². The van der Waals surface area contributed by atoms with Crippen LogP contribution in [0, 0.1) is 11.8 Å². The topological polar surface area (TPSA) is 58.6 Å². The van der Waals surface area contributed by atoms with Crippen LogP contribution in [0.3, 0.4) is 0 Å². The lowest BCUT2D eigenvalue weighted by molar-refractivity contribution is -0.145. The van der Waals surface area contributed by atoms with Crippen LogP contribution in [0.5, 0.6) is 0 Å². The maximum absolute atomic E-state index is 13.4. The van der Waals surface area contributed by atoms with Crippen LogP contribution < -0.4 is 5.32 Å². The Bertz CT molecular complexity index is 848. The molecule has 1 N–H and O–H groups in total. The second-order valence-electron chi connectivity index (χ2n) is 10.1. The molecule has 1 saturated heterocycles. The summed E-state index contributed by atoms with van der Waals surface area (Å²) < 4.78 is 4.96. The van der Waals surface area contributed by atoms with Gasteiger partial charge in [0.05, 0.1) is 17.2 Å². The van der Waals surface area contributed by atoms with E-state index in [1.54, 1.807) is 23.5 Å². The van der Waals surface area contributed by atoms with Gasteiger partial charge >= 0.3 is 5.97 Å². The maximum atomic E-state index is 13.4. The summed E-state index contributed by atoms with van der Waals surface area (Å²) in [6, 6.07) is 9.92. The first kappa shape index (κ1) is 31.1. The molecule has 2 unspecified atom stereocenters. The Morgan fingerprint density at radius 1 is 1.28 bits per heavy atom. The summed E-state index contributed by atoms with van der Waals surface area (Å²) >= 11 is 5.33. The lowest BCUT2D eigenvalue weighted by Gasteiger charge is -2.29. The molecular weight excluding hydrogens is 509 g/mol. The molecule has 0 aliphatic carbocycles. The van der Waals surface area contributed by atoms with Crippen LogP contribution in [0.25, 0.3) is 0 Å². The Kier molecular flexibility index (Phi) is 13.3. The largest absolute Gasteiger partial charge is 0.467 e. The zero-order valence-electron chi connectivity index (χ0n) is 22.9. The summed E-state index contributed by atoms with van der Waals surface area (Å²) in [5.41, 5.74) is 1.12. The highest BCUT2D eigenvalue weighted by atomic mass is 32.2. The van der Waals surface area contributed by atoms with Crippen molar-refractivity contribution in [3.63, 3.8) is 0 Å². The van der Waals surface area contributed by atoms with Crippen LogP contribution >= 0.6 is 35.3 Å². The first-order valence-electron chi connectivity index (χ1n) is 12.7. The summed E-state index contributed by atoms with van der Waals surface area (Å²) in [5, 5.41) is 2.71. The average Bonchev–Trinajstić information content (AvgIpc) is 3.12. The molecule has 4 atom stereocenters. The number of nitrogens with zero attached hydrogens (tertiary/aromatic N) is 1. The molecule has 1 aromatic rings. The highest BCUT2D eigenvalue weighted by Gasteiger charge is 2.36. The van der Waals surface area contributed by atoms with E-state index in [1.807, 2.05) is 36.2 Å². The van der Waals surface area contributed by atoms with Crippen LogP contribution in [-0.2, 0) is 20.7 Å². The minimum Gasteiger partial charge on any atom is -0.467 e. The molecule has 1 heterocycles. The molecule has 0 spiro atoms. The number of thioether (sulfide) groups is 3. The molecule has 2 rings (SSSR count). The molecule has 0 saturated carbocycles. The van der Waals surface area contributed by atoms with Gasteiger partial charge in [-0.2, -0.15) is 11.8 Å². The smallest absolute Gasteiger partial charge is 0.328 e. The number of amides is 1. The fraction of sp³-hybridized carbons (Fsp3) is 0.643. The fourth-order valence-electron chi connectivity index (χ4n) is 4.00. The lowest BCUT2D eigenvalue weighted by atomic mass is 9.96. The van der Waals surface area contributed by atoms with E-state index in [9.17, 15) is 9.59 Å². The minimum atomic E-state index is -0.617. The second-order valence-corrected chi connectivity index (χ2v) is 13.9. The monoisotopic (exact) mass is 552 g/mol. The van der Waals surface area contributed by atoms with Crippen LogP contribution in [0.1, 0.15) is 39.7 Å². The zero-order valence-corrected chi connectivity index (χ0v) is 25.3. The number of hydrogen-bond acceptors (Lipinski definition) is 7. The third-order valence-electron chi connectivity index (χ3n) is 6.85. The van der Waals surface area contributed by atoms with E-state index in [0.29, 0.717) is 30.7 Å². The maximum Gasteiger partial charge on any atom is 0.328 e. The number of esters is 1. The van der Waals surface area contributed by atoms with E-state index in [1.165, 1.54) is 7.11 Å². The molecular formula is C28H44N2O3S3. The molecule has 0 bridgehead atoms. The predicted molar refractivity (Wildman–Crippen MR) is 159 cm³/mol. The molecule has 0 radical (unpaired) electrons. The van der Waals surface area contributed by atoms with Gasteiger partial charge in [0.25, 0.3) is 0 Å². The Balaban J connectivity index is 2.13. The third kappa shape index (κ3) is 9.66. The number of carbonyl (C=O) groups is 2. The number of rotatable bonds is 14. The number of nitrogens with one attached hydrogen (secondary N) is 1. The van der Waals surface area contributed by atoms with E-state index >= 15 is 0 Å². The molecule has 1 amide bonds. The molecule has 1 aromatic carbocycles. The summed E-state index contributed by atoms with van der Waals surface area (Å²) in [5.74, 6) is 3.07. The van der Waals surface area contributed by atoms with Crippen LogP contribution in [0.2, 0.25) is 0 Å². The summed E-state index contributed by atoms with van der Waals surface area (Å²) in [4.78, 5) is 28.3. The number of benzene rings is 1. The summed E-state index contributed by atoms with van der Waals surface area (Å²) in [6.07, 6.45) is 7.89. The first-order chi connectivity index (χ1) is 17.1. The zero-order chi connectivity index (χ0) is 26.7. The molecule has 1 aliphatic heterocycles. The molecule has 8 heteroatoms.